The molecule has 6 heteroatoms. The summed E-state index contributed by atoms with van der Waals surface area (Å²) in [5.41, 5.74) is 3.38. The van der Waals surface area contributed by atoms with E-state index in [0.717, 1.165) is 19.5 Å². The molecule has 1 aromatic carbocycles. The molecule has 0 fully saturated rings. The minimum atomic E-state index is -0.0928. The maximum Gasteiger partial charge on any atom is 0.251 e. The Hall–Kier alpha value is -0.720. The highest BCUT2D eigenvalue weighted by molar-refractivity contribution is 9.11. The van der Waals surface area contributed by atoms with Crippen molar-refractivity contribution < 1.29 is 4.79 Å². The lowest BCUT2D eigenvalue weighted by molar-refractivity contribution is 0.0951. The first-order valence-corrected chi connectivity index (χ1v) is 7.66. The molecule has 2 rings (SSSR count). The van der Waals surface area contributed by atoms with Crippen LogP contribution in [0, 0.1) is 6.92 Å². The van der Waals surface area contributed by atoms with Crippen LogP contribution in [0.1, 0.15) is 20.9 Å². The van der Waals surface area contributed by atoms with Gasteiger partial charge in [0.2, 0.25) is 0 Å². The van der Waals surface area contributed by atoms with E-state index in [2.05, 4.69) is 42.2 Å². The molecule has 0 aliphatic heterocycles. The lowest BCUT2D eigenvalue weighted by Crippen LogP contribution is -2.22. The van der Waals surface area contributed by atoms with Crippen LogP contribution in [-0.2, 0) is 6.54 Å². The van der Waals surface area contributed by atoms with Gasteiger partial charge in [-0.15, -0.1) is 11.3 Å². The highest BCUT2D eigenvalue weighted by atomic mass is 79.9. The summed E-state index contributed by atoms with van der Waals surface area (Å²) in [6, 6.07) is 5.48. The van der Waals surface area contributed by atoms with Crippen LogP contribution in [0.15, 0.2) is 32.7 Å². The van der Waals surface area contributed by atoms with E-state index in [1.165, 1.54) is 0 Å². The molecule has 0 saturated carbocycles. The van der Waals surface area contributed by atoms with E-state index >= 15 is 0 Å². The number of aromatic nitrogens is 1. The van der Waals surface area contributed by atoms with E-state index in [-0.39, 0.29) is 5.91 Å². The van der Waals surface area contributed by atoms with Gasteiger partial charge in [-0.3, -0.25) is 4.79 Å². The fourth-order valence-electron chi connectivity index (χ4n) is 1.44. The summed E-state index contributed by atoms with van der Waals surface area (Å²) in [6.07, 6.45) is 0. The van der Waals surface area contributed by atoms with Gasteiger partial charge in [0.1, 0.15) is 0 Å². The topological polar surface area (TPSA) is 42.0 Å². The molecule has 2 aromatic rings. The van der Waals surface area contributed by atoms with E-state index in [4.69, 9.17) is 0 Å². The van der Waals surface area contributed by atoms with E-state index in [1.54, 1.807) is 29.0 Å². The Morgan fingerprint density at radius 3 is 2.56 bits per heavy atom. The number of amides is 1. The van der Waals surface area contributed by atoms with Gasteiger partial charge in [0.05, 0.1) is 17.7 Å². The molecule has 0 spiro atoms. The van der Waals surface area contributed by atoms with Crippen LogP contribution < -0.4 is 5.32 Å². The standard InChI is InChI=1S/C12H10Br2N2OS/c1-7-11(18-6-16-7)5-15-12(17)8-2-9(13)4-10(14)3-8/h2-4,6H,5H2,1H3,(H,15,17). The first-order chi connectivity index (χ1) is 8.56. The van der Waals surface area contributed by atoms with Gasteiger partial charge in [-0.05, 0) is 25.1 Å². The van der Waals surface area contributed by atoms with Crippen LogP contribution in [0.3, 0.4) is 0 Å². The Kier molecular flexibility index (Phi) is 4.53. The number of carbonyl (C=O) groups is 1. The van der Waals surface area contributed by atoms with Crippen LogP contribution in [0.2, 0.25) is 0 Å². The van der Waals surface area contributed by atoms with Crippen LogP contribution in [0.25, 0.3) is 0 Å². The Morgan fingerprint density at radius 1 is 1.33 bits per heavy atom. The molecule has 0 aliphatic rings. The lowest BCUT2D eigenvalue weighted by Gasteiger charge is -2.05. The number of hydrogen-bond donors (Lipinski definition) is 1. The van der Waals surface area contributed by atoms with Crippen molar-refractivity contribution >= 4 is 49.1 Å². The second kappa shape index (κ2) is 5.95. The van der Waals surface area contributed by atoms with Crippen molar-refractivity contribution in [2.75, 3.05) is 0 Å². The Bertz CT molecular complexity index is 563. The van der Waals surface area contributed by atoms with Crippen LogP contribution in [0.5, 0.6) is 0 Å². The first-order valence-electron chi connectivity index (χ1n) is 5.19. The van der Waals surface area contributed by atoms with Gasteiger partial charge in [-0.1, -0.05) is 31.9 Å². The minimum Gasteiger partial charge on any atom is -0.347 e. The van der Waals surface area contributed by atoms with E-state index in [9.17, 15) is 4.79 Å². The predicted molar refractivity (Wildman–Crippen MR) is 79.9 cm³/mol. The maximum absolute atomic E-state index is 12.0. The fourth-order valence-corrected chi connectivity index (χ4v) is 3.45. The molecule has 0 saturated heterocycles. The molecule has 0 aliphatic carbocycles. The molecule has 94 valence electrons. The van der Waals surface area contributed by atoms with Crippen LogP contribution >= 0.6 is 43.2 Å². The molecular formula is C12H10Br2N2OS. The molecule has 0 bridgehead atoms. The van der Waals surface area contributed by atoms with E-state index in [0.29, 0.717) is 12.1 Å². The summed E-state index contributed by atoms with van der Waals surface area (Å²) >= 11 is 8.28. The van der Waals surface area contributed by atoms with Gasteiger partial charge in [0.25, 0.3) is 5.91 Å². The summed E-state index contributed by atoms with van der Waals surface area (Å²) in [5, 5.41) is 2.89. The van der Waals surface area contributed by atoms with Crippen molar-refractivity contribution in [2.45, 2.75) is 13.5 Å². The third kappa shape index (κ3) is 3.40. The third-order valence-corrected chi connectivity index (χ3v) is 4.23. The van der Waals surface area contributed by atoms with Gasteiger partial charge in [-0.2, -0.15) is 0 Å². The van der Waals surface area contributed by atoms with Gasteiger partial charge >= 0.3 is 0 Å². The Labute approximate surface area is 126 Å². The molecule has 0 unspecified atom stereocenters. The molecule has 0 radical (unpaired) electrons. The highest BCUT2D eigenvalue weighted by Crippen LogP contribution is 2.20. The fraction of sp³-hybridized carbons (Fsp3) is 0.167. The predicted octanol–water partition coefficient (Wildman–Crippen LogP) is 3.91. The highest BCUT2D eigenvalue weighted by Gasteiger charge is 2.09. The van der Waals surface area contributed by atoms with Gasteiger partial charge in [-0.25, -0.2) is 4.98 Å². The average Bonchev–Trinajstić information content (AvgIpc) is 2.70. The summed E-state index contributed by atoms with van der Waals surface area (Å²) in [4.78, 5) is 17.2. The van der Waals surface area contributed by atoms with Crippen LogP contribution in [0.4, 0.5) is 0 Å². The molecule has 0 atom stereocenters. The minimum absolute atomic E-state index is 0.0928. The average molecular weight is 390 g/mol. The van der Waals surface area contributed by atoms with Gasteiger partial charge in [0.15, 0.2) is 0 Å². The lowest BCUT2D eigenvalue weighted by atomic mass is 10.2. The van der Waals surface area contributed by atoms with Crippen molar-refractivity contribution in [1.82, 2.24) is 10.3 Å². The maximum atomic E-state index is 12.0. The summed E-state index contributed by atoms with van der Waals surface area (Å²) in [5.74, 6) is -0.0928. The molecule has 1 amide bonds. The molecule has 1 aromatic heterocycles. The number of aryl methyl sites for hydroxylation is 1. The number of thiazole rings is 1. The number of rotatable bonds is 3. The van der Waals surface area contributed by atoms with Crippen LogP contribution in [-0.4, -0.2) is 10.9 Å². The van der Waals surface area contributed by atoms with E-state index in [1.807, 2.05) is 13.0 Å². The Balaban J connectivity index is 2.06. The smallest absolute Gasteiger partial charge is 0.251 e. The summed E-state index contributed by atoms with van der Waals surface area (Å²) < 4.78 is 1.74. The Morgan fingerprint density at radius 2 is 2.00 bits per heavy atom. The normalized spacial score (nSPS) is 10.4. The summed E-state index contributed by atoms with van der Waals surface area (Å²) in [6.45, 7) is 2.45. The van der Waals surface area contributed by atoms with Crippen molar-refractivity contribution in [1.29, 1.82) is 0 Å². The van der Waals surface area contributed by atoms with Crippen molar-refractivity contribution in [3.63, 3.8) is 0 Å². The van der Waals surface area contributed by atoms with Gasteiger partial charge < -0.3 is 5.32 Å². The molecule has 18 heavy (non-hydrogen) atoms. The van der Waals surface area contributed by atoms with Crippen molar-refractivity contribution in [2.24, 2.45) is 0 Å². The molecule has 3 nitrogen and oxygen atoms in total. The SMILES string of the molecule is Cc1ncsc1CNC(=O)c1cc(Br)cc(Br)c1. The number of carbonyl (C=O) groups excluding carboxylic acids is 1. The summed E-state index contributed by atoms with van der Waals surface area (Å²) in [7, 11) is 0. The van der Waals surface area contributed by atoms with E-state index < -0.39 is 0 Å². The third-order valence-electron chi connectivity index (χ3n) is 2.38. The molecular weight excluding hydrogens is 380 g/mol. The number of nitrogens with zero attached hydrogens (tertiary/aromatic N) is 1. The number of benzene rings is 1. The van der Waals surface area contributed by atoms with Gasteiger partial charge in [0, 0.05) is 19.4 Å². The monoisotopic (exact) mass is 388 g/mol. The zero-order valence-electron chi connectivity index (χ0n) is 9.54. The molecule has 1 heterocycles. The quantitative estimate of drug-likeness (QED) is 0.864. The number of nitrogens with one attached hydrogen (secondary N) is 1. The second-order valence-corrected chi connectivity index (χ2v) is 6.47. The van der Waals surface area contributed by atoms with Crippen molar-refractivity contribution in [3.8, 4) is 0 Å². The zero-order chi connectivity index (χ0) is 13.1. The van der Waals surface area contributed by atoms with Crippen molar-refractivity contribution in [3.05, 3.63) is 48.8 Å². The zero-order valence-corrected chi connectivity index (χ0v) is 13.5. The largest absolute Gasteiger partial charge is 0.347 e. The molecule has 1 N–H and O–H groups in total. The number of hydrogen-bond acceptors (Lipinski definition) is 3. The number of halogens is 2. The second-order valence-electron chi connectivity index (χ2n) is 3.70. The first kappa shape index (κ1) is 13.7.